The van der Waals surface area contributed by atoms with Crippen molar-refractivity contribution >= 4 is 11.7 Å². The molecule has 34 heavy (non-hydrogen) atoms. The molecule has 2 bridgehead atoms. The van der Waals surface area contributed by atoms with Crippen LogP contribution >= 0.6 is 0 Å². The summed E-state index contributed by atoms with van der Waals surface area (Å²) < 4.78 is 6.16. The lowest BCUT2D eigenvalue weighted by atomic mass is 9.47. The zero-order chi connectivity index (χ0) is 24.0. The molecule has 1 unspecified atom stereocenters. The van der Waals surface area contributed by atoms with Crippen molar-refractivity contribution in [3.63, 3.8) is 0 Å². The maximum Gasteiger partial charge on any atom is 0.230 e. The van der Waals surface area contributed by atoms with Crippen molar-refractivity contribution in [3.05, 3.63) is 23.3 Å². The van der Waals surface area contributed by atoms with E-state index in [-0.39, 0.29) is 37.1 Å². The van der Waals surface area contributed by atoms with Gasteiger partial charge in [-0.2, -0.15) is 0 Å². The fraction of sp³-hybridized carbons (Fsp3) is 0.692. The maximum atomic E-state index is 13.8. The quantitative estimate of drug-likeness (QED) is 0.456. The molecule has 0 radical (unpaired) electrons. The third kappa shape index (κ3) is 2.88. The number of aliphatic hydroxyl groups excluding tert-OH is 1. The van der Waals surface area contributed by atoms with E-state index >= 15 is 0 Å². The summed E-state index contributed by atoms with van der Waals surface area (Å²) in [6, 6.07) is 3.29. The molecule has 1 aromatic rings. The zero-order valence-corrected chi connectivity index (χ0v) is 19.8. The van der Waals surface area contributed by atoms with Gasteiger partial charge >= 0.3 is 0 Å². The molecule has 184 valence electrons. The number of phenolic OH excluding ortho intramolecular Hbond substituents is 1. The van der Waals surface area contributed by atoms with Gasteiger partial charge in [-0.05, 0) is 56.2 Å². The highest BCUT2D eigenvalue weighted by Crippen LogP contribution is 2.65. The highest BCUT2D eigenvalue weighted by molar-refractivity contribution is 6.06. The molecule has 1 aromatic carbocycles. The van der Waals surface area contributed by atoms with Crippen molar-refractivity contribution in [2.75, 3.05) is 26.2 Å². The number of piperidine rings is 1. The Bertz CT molecular complexity index is 1070. The number of ketones is 1. The first-order chi connectivity index (χ1) is 16.1. The number of aromatic hydroxyl groups is 1. The number of Topliss-reactive ketones (excluding diaryl/α,β-unsaturated/α-hetero) is 1. The van der Waals surface area contributed by atoms with Crippen molar-refractivity contribution in [2.24, 2.45) is 17.3 Å². The Morgan fingerprint density at radius 2 is 2.09 bits per heavy atom. The molecule has 3 aliphatic carbocycles. The van der Waals surface area contributed by atoms with E-state index in [0.29, 0.717) is 24.5 Å². The molecule has 5 atom stereocenters. The van der Waals surface area contributed by atoms with Crippen LogP contribution in [-0.4, -0.2) is 75.9 Å². The standard InChI is InChI=1S/C26H34N2O6/c1-24(2,13-29)12-27-23(32)16-10-26(33)18-9-15-5-6-17(30)21-19(15)25(26,22(34-21)20(16)31)7-8-28(18)11-14-3-4-14/h5-6,14,16,18,22,29-30,33H,3-4,7-13H2,1-2H3,(H,27,32)/t16?,18-,22+,25+,26-/m1/s1. The first-order valence-corrected chi connectivity index (χ1v) is 12.5. The van der Waals surface area contributed by atoms with Crippen LogP contribution in [0.4, 0.5) is 0 Å². The van der Waals surface area contributed by atoms with Gasteiger partial charge in [0.1, 0.15) is 5.92 Å². The van der Waals surface area contributed by atoms with Crippen molar-refractivity contribution in [1.82, 2.24) is 10.2 Å². The number of nitrogens with one attached hydrogen (secondary N) is 1. The fourth-order valence-corrected chi connectivity index (χ4v) is 7.03. The third-order valence-electron chi connectivity index (χ3n) is 9.12. The van der Waals surface area contributed by atoms with Crippen molar-refractivity contribution in [1.29, 1.82) is 0 Å². The van der Waals surface area contributed by atoms with Gasteiger partial charge in [-0.3, -0.25) is 14.5 Å². The highest BCUT2D eigenvalue weighted by atomic mass is 16.5. The molecule has 1 spiro atoms. The Morgan fingerprint density at radius 3 is 2.79 bits per heavy atom. The molecule has 6 rings (SSSR count). The number of nitrogens with zero attached hydrogens (tertiary/aromatic N) is 1. The van der Waals surface area contributed by atoms with Gasteiger partial charge in [0.05, 0.1) is 11.0 Å². The summed E-state index contributed by atoms with van der Waals surface area (Å²) in [7, 11) is 0. The Hall–Kier alpha value is -2.16. The Balaban J connectivity index is 1.42. The Labute approximate surface area is 199 Å². The SMILES string of the molecule is CC(C)(CO)CNC(=O)C1C[C@@]2(O)[C@H]3Cc4ccc(O)c5c4[C@@]2(CCN3CC2CC2)[C@@H](O5)C1=O. The summed E-state index contributed by atoms with van der Waals surface area (Å²) >= 11 is 0. The van der Waals surface area contributed by atoms with Crippen LogP contribution < -0.4 is 10.1 Å². The number of aliphatic hydroxyl groups is 2. The van der Waals surface area contributed by atoms with E-state index in [9.17, 15) is 24.9 Å². The van der Waals surface area contributed by atoms with Crippen molar-refractivity contribution in [2.45, 2.75) is 69.1 Å². The zero-order valence-electron chi connectivity index (χ0n) is 19.8. The van der Waals surface area contributed by atoms with Crippen molar-refractivity contribution in [3.8, 4) is 11.5 Å². The smallest absolute Gasteiger partial charge is 0.230 e. The van der Waals surface area contributed by atoms with E-state index < -0.39 is 34.4 Å². The molecule has 8 heteroatoms. The minimum absolute atomic E-state index is 0.0257. The molecule has 1 saturated heterocycles. The predicted octanol–water partition coefficient (Wildman–Crippen LogP) is 0.886. The van der Waals surface area contributed by atoms with E-state index in [4.69, 9.17) is 4.74 Å². The predicted molar refractivity (Wildman–Crippen MR) is 123 cm³/mol. The van der Waals surface area contributed by atoms with E-state index in [0.717, 1.165) is 24.2 Å². The Kier molecular flexibility index (Phi) is 4.71. The fourth-order valence-electron chi connectivity index (χ4n) is 7.03. The minimum atomic E-state index is -1.32. The van der Waals surface area contributed by atoms with Crippen LogP contribution in [0.15, 0.2) is 12.1 Å². The van der Waals surface area contributed by atoms with Gasteiger partial charge in [-0.15, -0.1) is 0 Å². The molecule has 5 aliphatic rings. The molecule has 2 saturated carbocycles. The van der Waals surface area contributed by atoms with Gasteiger partial charge in [0.15, 0.2) is 23.4 Å². The lowest BCUT2D eigenvalue weighted by Gasteiger charge is -2.63. The molecule has 2 heterocycles. The molecule has 8 nitrogen and oxygen atoms in total. The molecule has 0 aromatic heterocycles. The average Bonchev–Trinajstić information content (AvgIpc) is 3.54. The van der Waals surface area contributed by atoms with Gasteiger partial charge in [0.2, 0.25) is 5.91 Å². The first-order valence-electron chi connectivity index (χ1n) is 12.5. The summed E-state index contributed by atoms with van der Waals surface area (Å²) in [4.78, 5) is 29.4. The highest BCUT2D eigenvalue weighted by Gasteiger charge is 2.75. The molecule has 1 amide bonds. The van der Waals surface area contributed by atoms with E-state index in [1.807, 2.05) is 19.9 Å². The minimum Gasteiger partial charge on any atom is -0.504 e. The lowest BCUT2D eigenvalue weighted by molar-refractivity contribution is -0.198. The molecular formula is C26H34N2O6. The number of rotatable bonds is 6. The van der Waals surface area contributed by atoms with E-state index in [2.05, 4.69) is 10.2 Å². The number of likely N-dealkylation sites (tertiary alicyclic amines) is 1. The molecule has 3 fully saturated rings. The summed E-state index contributed by atoms with van der Waals surface area (Å²) in [5, 5.41) is 35.5. The van der Waals surface area contributed by atoms with Crippen LogP contribution in [-0.2, 0) is 21.4 Å². The van der Waals surface area contributed by atoms with Gasteiger partial charge < -0.3 is 25.4 Å². The van der Waals surface area contributed by atoms with E-state index in [1.165, 1.54) is 12.8 Å². The first kappa shape index (κ1) is 22.3. The molecular weight excluding hydrogens is 436 g/mol. The monoisotopic (exact) mass is 470 g/mol. The van der Waals surface area contributed by atoms with Crippen LogP contribution in [0.25, 0.3) is 0 Å². The summed E-state index contributed by atoms with van der Waals surface area (Å²) in [6.45, 7) is 5.47. The third-order valence-corrected chi connectivity index (χ3v) is 9.12. The summed E-state index contributed by atoms with van der Waals surface area (Å²) in [6.07, 6.45) is 2.61. The molecule has 4 N–H and O–H groups in total. The second kappa shape index (κ2) is 7.18. The Morgan fingerprint density at radius 1 is 1.32 bits per heavy atom. The number of hydrogen-bond acceptors (Lipinski definition) is 7. The summed E-state index contributed by atoms with van der Waals surface area (Å²) in [5.41, 5.74) is -0.993. The number of benzene rings is 1. The lowest BCUT2D eigenvalue weighted by Crippen LogP contribution is -2.78. The van der Waals surface area contributed by atoms with Crippen LogP contribution in [0, 0.1) is 17.3 Å². The number of amides is 1. The topological polar surface area (TPSA) is 119 Å². The van der Waals surface area contributed by atoms with Crippen LogP contribution in [0.1, 0.15) is 50.7 Å². The number of carbonyl (C=O) groups is 2. The normalized spacial score (nSPS) is 36.1. The second-order valence-electron chi connectivity index (χ2n) is 11.9. The van der Waals surface area contributed by atoms with Gasteiger partial charge in [-0.25, -0.2) is 0 Å². The number of hydrogen-bond donors (Lipinski definition) is 4. The van der Waals surface area contributed by atoms with Crippen LogP contribution in [0.5, 0.6) is 11.5 Å². The molecule has 2 aliphatic heterocycles. The van der Waals surface area contributed by atoms with Gasteiger partial charge in [0, 0.05) is 36.7 Å². The van der Waals surface area contributed by atoms with Crippen LogP contribution in [0.3, 0.4) is 0 Å². The summed E-state index contributed by atoms with van der Waals surface area (Å²) in [5.74, 6) is -0.889. The van der Waals surface area contributed by atoms with Crippen LogP contribution in [0.2, 0.25) is 0 Å². The second-order valence-corrected chi connectivity index (χ2v) is 11.9. The maximum absolute atomic E-state index is 13.8. The van der Waals surface area contributed by atoms with Gasteiger partial charge in [0.25, 0.3) is 0 Å². The number of phenols is 1. The average molecular weight is 471 g/mol. The number of ether oxygens (including phenoxy) is 1. The largest absolute Gasteiger partial charge is 0.504 e. The van der Waals surface area contributed by atoms with E-state index in [1.54, 1.807) is 6.07 Å². The van der Waals surface area contributed by atoms with Gasteiger partial charge in [-0.1, -0.05) is 19.9 Å². The number of carbonyl (C=O) groups excluding carboxylic acids is 2. The van der Waals surface area contributed by atoms with Crippen molar-refractivity contribution < 1.29 is 29.6 Å².